The third-order valence-electron chi connectivity index (χ3n) is 1.02. The molecule has 0 heterocycles. The molecule has 0 atom stereocenters. The monoisotopic (exact) mass is 522 g/mol. The maximum absolute atomic E-state index is 8.31. The van der Waals surface area contributed by atoms with Gasteiger partial charge < -0.3 is 0 Å². The van der Waals surface area contributed by atoms with E-state index in [0.717, 1.165) is 0 Å². The Hall–Kier alpha value is 1.26. The van der Waals surface area contributed by atoms with Gasteiger partial charge in [0.1, 0.15) is 5.02 Å². The Morgan fingerprint density at radius 3 is 1.87 bits per heavy atom. The zero-order valence-corrected chi connectivity index (χ0v) is 14.9. The molecule has 2 nitrogen and oxygen atoms in total. The van der Waals surface area contributed by atoms with Gasteiger partial charge in [0.15, 0.2) is 4.98 Å². The molecule has 0 saturated carbocycles. The van der Waals surface area contributed by atoms with E-state index in [2.05, 4.69) is 4.98 Å². The first-order chi connectivity index (χ1) is 6.74. The molecule has 0 aromatic heterocycles. The Bertz CT molecular complexity index is 365. The molecule has 84 valence electrons. The van der Waals surface area contributed by atoms with Crippen molar-refractivity contribution in [3.63, 3.8) is 0 Å². The van der Waals surface area contributed by atoms with E-state index in [9.17, 15) is 0 Å². The molecule has 0 aliphatic heterocycles. The van der Waals surface area contributed by atoms with E-state index in [1.54, 1.807) is 6.07 Å². The summed E-state index contributed by atoms with van der Waals surface area (Å²) in [6.07, 6.45) is 0. The summed E-state index contributed by atoms with van der Waals surface area (Å²) >= 11 is 7.82. The van der Waals surface area contributed by atoms with Gasteiger partial charge in [-0.05, 0) is 12.1 Å². The number of halogens is 6. The van der Waals surface area contributed by atoms with E-state index in [-0.39, 0.29) is 0 Å². The van der Waals surface area contributed by atoms with Crippen LogP contribution in [0.4, 0.5) is 5.69 Å². The van der Waals surface area contributed by atoms with Gasteiger partial charge in [-0.1, -0.05) is 23.2 Å². The van der Waals surface area contributed by atoms with Gasteiger partial charge in [0.25, 0.3) is 0 Å². The van der Waals surface area contributed by atoms with Crippen LogP contribution in [-0.4, -0.2) is 15.5 Å². The quantitative estimate of drug-likeness (QED) is 0.309. The van der Waals surface area contributed by atoms with Crippen LogP contribution in [0.1, 0.15) is 0 Å². The van der Waals surface area contributed by atoms with Gasteiger partial charge in [0.2, 0.25) is 5.39 Å². The second-order valence-corrected chi connectivity index (χ2v) is 32.8. The molecule has 0 fully saturated rings. The Labute approximate surface area is 116 Å². The van der Waals surface area contributed by atoms with Crippen molar-refractivity contribution in [2.75, 3.05) is 0 Å². The molecule has 0 bridgehead atoms. The normalized spacial score (nSPS) is 11.0. The number of benzene rings is 1. The third-order valence-corrected chi connectivity index (χ3v) is 1.56. The first-order valence-electron chi connectivity index (χ1n) is 3.22. The Morgan fingerprint density at radius 2 is 1.53 bits per heavy atom. The second kappa shape index (κ2) is 7.56. The minimum atomic E-state index is -3.33. The average Bonchev–Trinajstić information content (AvgIpc) is 2.01. The molecule has 15 heavy (non-hydrogen) atoms. The molecule has 0 N–H and O–H groups in total. The van der Waals surface area contributed by atoms with E-state index in [0.29, 0.717) is 15.7 Å². The van der Waals surface area contributed by atoms with Crippen LogP contribution in [-0.2, 0) is 0 Å². The van der Waals surface area contributed by atoms with Crippen LogP contribution >= 0.6 is 57.3 Å². The molecule has 0 spiro atoms. The van der Waals surface area contributed by atoms with Crippen molar-refractivity contribution in [2.24, 2.45) is 0 Å². The molecule has 1 rings (SSSR count). The Kier molecular flexibility index (Phi) is 8.20. The minimum absolute atomic E-state index is 0.325. The average molecular weight is 525 g/mol. The summed E-state index contributed by atoms with van der Waals surface area (Å²) in [6, 6.07) is 4.64. The van der Waals surface area contributed by atoms with Crippen LogP contribution in [0.5, 0.6) is 0 Å². The molecule has 0 aliphatic rings. The first-order valence-corrected chi connectivity index (χ1v) is 21.1. The van der Waals surface area contributed by atoms with Crippen molar-refractivity contribution in [3.05, 3.63) is 33.2 Å². The van der Waals surface area contributed by atoms with Gasteiger partial charge in [-0.2, -0.15) is 0 Å². The summed E-state index contributed by atoms with van der Waals surface area (Å²) < 4.78 is 0. The van der Waals surface area contributed by atoms with Gasteiger partial charge in [0.05, 0.1) is 0 Å². The van der Waals surface area contributed by atoms with Crippen molar-refractivity contribution in [3.8, 4) is 0 Å². The predicted molar refractivity (Wildman–Crippen MR) is 70.4 cm³/mol. The van der Waals surface area contributed by atoms with Gasteiger partial charge in [-0.25, -0.2) is 0 Å². The number of rotatable bonds is 0. The number of hydrogen-bond donors (Lipinski definition) is 0. The van der Waals surface area contributed by atoms with Crippen LogP contribution in [0, 0.1) is 5.39 Å². The van der Waals surface area contributed by atoms with Crippen LogP contribution in [0.25, 0.3) is 4.98 Å². The molecule has 1 aromatic carbocycles. The van der Waals surface area contributed by atoms with Crippen molar-refractivity contribution in [2.45, 2.75) is 0 Å². The summed E-state index contributed by atoms with van der Waals surface area (Å²) in [7, 11) is 20.2. The van der Waals surface area contributed by atoms with Crippen molar-refractivity contribution in [1.82, 2.24) is 0 Å². The molecular weight excluding hydrogens is 522 g/mol. The van der Waals surface area contributed by atoms with E-state index < -0.39 is 15.5 Å². The van der Waals surface area contributed by atoms with Crippen LogP contribution in [0.2, 0.25) is 10.0 Å². The van der Waals surface area contributed by atoms with Crippen molar-refractivity contribution in [1.29, 1.82) is 5.39 Å². The van der Waals surface area contributed by atoms with Gasteiger partial charge in [-0.15, -0.1) is 0 Å². The van der Waals surface area contributed by atoms with Gasteiger partial charge >= 0.3 is 55.2 Å². The summed E-state index contributed by atoms with van der Waals surface area (Å²) in [5, 5.41) is 9.17. The Morgan fingerprint density at radius 1 is 1.07 bits per heavy atom. The fraction of sp³-hybridized carbons (Fsp3) is 0. The molecule has 0 amide bonds. The molecule has 0 saturated heterocycles. The second-order valence-electron chi connectivity index (χ2n) is 2.08. The summed E-state index contributed by atoms with van der Waals surface area (Å²) in [5.74, 6) is 0. The molecule has 1 aromatic rings. The summed E-state index contributed by atoms with van der Waals surface area (Å²) in [5.41, 5.74) is 0.325. The van der Waals surface area contributed by atoms with E-state index in [4.69, 9.17) is 62.6 Å². The standard InChI is InChI=1S/C6H3Cl2N2.Bi.4ClH/c7-4-1-2-6(10-9)5(8)3-4;;;;;/h1-3H;;4*1H/q+1;+3;;;;/p-4. The van der Waals surface area contributed by atoms with E-state index in [1.807, 2.05) is 0 Å². The third kappa shape index (κ3) is 10.2. The Balaban J connectivity index is 0.000000336. The molecule has 0 aliphatic carbocycles. The summed E-state index contributed by atoms with van der Waals surface area (Å²) in [4.78, 5) is 2.92. The van der Waals surface area contributed by atoms with E-state index >= 15 is 0 Å². The van der Waals surface area contributed by atoms with Crippen molar-refractivity contribution >= 4 is 78.4 Å². The SMILES string of the molecule is N#[N+]c1ccc(Cl)cc1Cl.[Cl][Bi-]([Cl])([Cl])[Cl]. The molecule has 0 unspecified atom stereocenters. The van der Waals surface area contributed by atoms with Crippen LogP contribution in [0.15, 0.2) is 18.2 Å². The summed E-state index contributed by atoms with van der Waals surface area (Å²) in [6.45, 7) is 0. The number of nitrogens with zero attached hydrogens (tertiary/aromatic N) is 2. The predicted octanol–water partition coefficient (Wildman–Crippen LogP) is 5.86. The zero-order valence-electron chi connectivity index (χ0n) is 6.84. The number of diazo groups is 1. The first kappa shape index (κ1) is 16.3. The fourth-order valence-electron chi connectivity index (χ4n) is 0.562. The van der Waals surface area contributed by atoms with Crippen LogP contribution < -0.4 is 0 Å². The van der Waals surface area contributed by atoms with Gasteiger partial charge in [-0.3, -0.25) is 0 Å². The molecule has 0 radical (unpaired) electrons. The van der Waals surface area contributed by atoms with Gasteiger partial charge in [0, 0.05) is 11.1 Å². The number of hydrogen-bond acceptors (Lipinski definition) is 1. The zero-order chi connectivity index (χ0) is 12.1. The van der Waals surface area contributed by atoms with E-state index in [1.165, 1.54) is 12.1 Å². The molecular formula is C6H3BiCl6N2. The topological polar surface area (TPSA) is 28.1 Å². The maximum atomic E-state index is 8.31. The van der Waals surface area contributed by atoms with Crippen LogP contribution in [0.3, 0.4) is 0 Å². The fourth-order valence-corrected chi connectivity index (χ4v) is 1.01. The van der Waals surface area contributed by atoms with Crippen molar-refractivity contribution < 1.29 is 0 Å². The molecule has 9 heteroatoms.